The van der Waals surface area contributed by atoms with Gasteiger partial charge in [-0.2, -0.15) is 8.61 Å². The van der Waals surface area contributed by atoms with Gasteiger partial charge in [0.25, 0.3) is 0 Å². The molecule has 1 amide bonds. The van der Waals surface area contributed by atoms with Gasteiger partial charge in [0, 0.05) is 20.1 Å². The van der Waals surface area contributed by atoms with Crippen molar-refractivity contribution in [3.8, 4) is 5.75 Å². The van der Waals surface area contributed by atoms with Crippen molar-refractivity contribution in [2.24, 2.45) is 0 Å². The minimum absolute atomic E-state index is 0.133. The molecule has 1 aliphatic rings. The standard InChI is InChI=1S/C22H29N3O6S2/c1-24(32(2,27)28)21(18-8-4-3-5-9-18)22(26)23-14-17-31-19-10-12-20(13-11-19)33(29,30)25-15-6-7-16-25/h3-5,8-13,21H,6-7,14-17H2,1-2H3,(H,23,26). The minimum atomic E-state index is -3.60. The quantitative estimate of drug-likeness (QED) is 0.501. The molecule has 0 bridgehead atoms. The van der Waals surface area contributed by atoms with E-state index in [9.17, 15) is 21.6 Å². The Balaban J connectivity index is 1.56. The Morgan fingerprint density at radius 3 is 2.21 bits per heavy atom. The van der Waals surface area contributed by atoms with Crippen LogP contribution in [-0.4, -0.2) is 70.9 Å². The van der Waals surface area contributed by atoms with Crippen molar-refractivity contribution in [1.29, 1.82) is 0 Å². The zero-order chi connectivity index (χ0) is 24.1. The predicted octanol–water partition coefficient (Wildman–Crippen LogP) is 1.60. The van der Waals surface area contributed by atoms with Crippen LogP contribution in [0.15, 0.2) is 59.5 Å². The molecule has 0 spiro atoms. The van der Waals surface area contributed by atoms with Crippen molar-refractivity contribution in [3.05, 3.63) is 60.2 Å². The number of carbonyl (C=O) groups is 1. The number of amides is 1. The van der Waals surface area contributed by atoms with Crippen LogP contribution in [-0.2, 0) is 24.8 Å². The zero-order valence-corrected chi connectivity index (χ0v) is 20.3. The third-order valence-electron chi connectivity index (χ3n) is 5.45. The summed E-state index contributed by atoms with van der Waals surface area (Å²) >= 11 is 0. The van der Waals surface area contributed by atoms with Gasteiger partial charge in [-0.3, -0.25) is 4.79 Å². The monoisotopic (exact) mass is 495 g/mol. The Bertz CT molecular complexity index is 1150. The number of ether oxygens (including phenoxy) is 1. The van der Waals surface area contributed by atoms with E-state index < -0.39 is 32.0 Å². The maximum atomic E-state index is 12.8. The zero-order valence-electron chi connectivity index (χ0n) is 18.7. The molecule has 3 rings (SSSR count). The fourth-order valence-corrected chi connectivity index (χ4v) is 5.70. The number of nitrogens with one attached hydrogen (secondary N) is 1. The van der Waals surface area contributed by atoms with Crippen molar-refractivity contribution >= 4 is 26.0 Å². The first kappa shape index (κ1) is 25.2. The summed E-state index contributed by atoms with van der Waals surface area (Å²) in [5.74, 6) is 0.00210. The molecule has 0 aliphatic carbocycles. The molecule has 1 atom stereocenters. The first-order valence-electron chi connectivity index (χ1n) is 10.6. The molecule has 11 heteroatoms. The highest BCUT2D eigenvalue weighted by atomic mass is 32.2. The Hall–Kier alpha value is -2.47. The molecule has 33 heavy (non-hydrogen) atoms. The van der Waals surface area contributed by atoms with Crippen molar-refractivity contribution in [2.45, 2.75) is 23.8 Å². The second-order valence-electron chi connectivity index (χ2n) is 7.81. The van der Waals surface area contributed by atoms with Gasteiger partial charge in [0.1, 0.15) is 18.4 Å². The molecule has 1 fully saturated rings. The fraction of sp³-hybridized carbons (Fsp3) is 0.409. The molecule has 2 aromatic rings. The number of carbonyl (C=O) groups excluding carboxylic acids is 1. The van der Waals surface area contributed by atoms with Gasteiger partial charge in [-0.15, -0.1) is 0 Å². The lowest BCUT2D eigenvalue weighted by Gasteiger charge is -2.25. The molecule has 1 aliphatic heterocycles. The molecule has 0 radical (unpaired) electrons. The van der Waals surface area contributed by atoms with Crippen LogP contribution in [0, 0.1) is 0 Å². The normalized spacial score (nSPS) is 16.0. The van der Waals surface area contributed by atoms with Crippen LogP contribution in [0.2, 0.25) is 0 Å². The molecular weight excluding hydrogens is 466 g/mol. The fourth-order valence-electron chi connectivity index (χ4n) is 3.58. The molecule has 1 unspecified atom stereocenters. The van der Waals surface area contributed by atoms with Gasteiger partial charge in [-0.1, -0.05) is 30.3 Å². The second-order valence-corrected chi connectivity index (χ2v) is 11.8. The van der Waals surface area contributed by atoms with E-state index in [1.807, 2.05) is 0 Å². The van der Waals surface area contributed by atoms with E-state index in [2.05, 4.69) is 5.32 Å². The van der Waals surface area contributed by atoms with Crippen LogP contribution in [0.3, 0.4) is 0 Å². The molecule has 1 heterocycles. The molecule has 1 saturated heterocycles. The summed E-state index contributed by atoms with van der Waals surface area (Å²) in [5, 5.41) is 2.70. The van der Waals surface area contributed by atoms with Crippen LogP contribution >= 0.6 is 0 Å². The highest BCUT2D eigenvalue weighted by Crippen LogP contribution is 2.23. The van der Waals surface area contributed by atoms with E-state index in [1.165, 1.54) is 23.5 Å². The van der Waals surface area contributed by atoms with Gasteiger partial charge in [-0.05, 0) is 42.7 Å². The second kappa shape index (κ2) is 10.6. The largest absolute Gasteiger partial charge is 0.492 e. The van der Waals surface area contributed by atoms with Gasteiger partial charge >= 0.3 is 0 Å². The van der Waals surface area contributed by atoms with Gasteiger partial charge < -0.3 is 10.1 Å². The smallest absolute Gasteiger partial charge is 0.243 e. The maximum absolute atomic E-state index is 12.8. The van der Waals surface area contributed by atoms with Crippen molar-refractivity contribution < 1.29 is 26.4 Å². The van der Waals surface area contributed by atoms with Crippen molar-refractivity contribution in [2.75, 3.05) is 39.5 Å². The van der Waals surface area contributed by atoms with E-state index in [4.69, 9.17) is 4.74 Å². The SMILES string of the molecule is CN(C(C(=O)NCCOc1ccc(S(=O)(=O)N2CCCC2)cc1)c1ccccc1)S(C)(=O)=O. The lowest BCUT2D eigenvalue weighted by Crippen LogP contribution is -2.42. The van der Waals surface area contributed by atoms with Gasteiger partial charge in [0.15, 0.2) is 0 Å². The molecule has 0 aromatic heterocycles. The maximum Gasteiger partial charge on any atom is 0.243 e. The van der Waals surface area contributed by atoms with E-state index >= 15 is 0 Å². The summed E-state index contributed by atoms with van der Waals surface area (Å²) in [6, 6.07) is 13.8. The third-order valence-corrected chi connectivity index (χ3v) is 8.62. The number of nitrogens with zero attached hydrogens (tertiary/aromatic N) is 2. The van der Waals surface area contributed by atoms with Crippen molar-refractivity contribution in [3.63, 3.8) is 0 Å². The number of hydrogen-bond donors (Lipinski definition) is 1. The molecule has 0 saturated carbocycles. The first-order valence-corrected chi connectivity index (χ1v) is 13.9. The van der Waals surface area contributed by atoms with Crippen molar-refractivity contribution in [1.82, 2.24) is 13.9 Å². The minimum Gasteiger partial charge on any atom is -0.492 e. The molecule has 180 valence electrons. The van der Waals surface area contributed by atoms with E-state index in [0.29, 0.717) is 24.4 Å². The van der Waals surface area contributed by atoms with E-state index in [0.717, 1.165) is 23.4 Å². The molecule has 9 nitrogen and oxygen atoms in total. The molecular formula is C22H29N3O6S2. The molecule has 1 N–H and O–H groups in total. The van der Waals surface area contributed by atoms with Crippen LogP contribution < -0.4 is 10.1 Å². The topological polar surface area (TPSA) is 113 Å². The van der Waals surface area contributed by atoms with Crippen LogP contribution in [0.4, 0.5) is 0 Å². The van der Waals surface area contributed by atoms with E-state index in [1.54, 1.807) is 42.5 Å². The summed E-state index contributed by atoms with van der Waals surface area (Å²) in [4.78, 5) is 13.0. The number of hydrogen-bond acceptors (Lipinski definition) is 6. The third kappa shape index (κ3) is 6.32. The Labute approximate surface area is 195 Å². The highest BCUT2D eigenvalue weighted by molar-refractivity contribution is 7.89. The number of rotatable bonds is 10. The number of likely N-dealkylation sites (N-methyl/N-ethyl adjacent to an activating group) is 1. The number of benzene rings is 2. The summed E-state index contributed by atoms with van der Waals surface area (Å²) < 4.78 is 57.3. The van der Waals surface area contributed by atoms with Gasteiger partial charge in [-0.25, -0.2) is 16.8 Å². The highest BCUT2D eigenvalue weighted by Gasteiger charge is 2.30. The summed E-state index contributed by atoms with van der Waals surface area (Å²) in [5.41, 5.74) is 0.554. The van der Waals surface area contributed by atoms with Crippen LogP contribution in [0.5, 0.6) is 5.75 Å². The Kier molecular flexibility index (Phi) is 8.11. The predicted molar refractivity (Wildman–Crippen MR) is 125 cm³/mol. The average Bonchev–Trinajstić information content (AvgIpc) is 3.33. The number of sulfonamides is 2. The molecule has 2 aromatic carbocycles. The lowest BCUT2D eigenvalue weighted by atomic mass is 10.1. The lowest BCUT2D eigenvalue weighted by molar-refractivity contribution is -0.124. The summed E-state index contributed by atoms with van der Waals surface area (Å²) in [6.07, 6.45) is 2.79. The Morgan fingerprint density at radius 1 is 1.03 bits per heavy atom. The summed E-state index contributed by atoms with van der Waals surface area (Å²) in [7, 11) is -5.72. The van der Waals surface area contributed by atoms with Crippen LogP contribution in [0.1, 0.15) is 24.4 Å². The van der Waals surface area contributed by atoms with Gasteiger partial charge in [0.2, 0.25) is 26.0 Å². The van der Waals surface area contributed by atoms with Gasteiger partial charge in [0.05, 0.1) is 17.7 Å². The Morgan fingerprint density at radius 2 is 1.64 bits per heavy atom. The first-order chi connectivity index (χ1) is 15.6. The van der Waals surface area contributed by atoms with E-state index in [-0.39, 0.29) is 18.0 Å². The average molecular weight is 496 g/mol. The summed E-state index contributed by atoms with van der Waals surface area (Å²) in [6.45, 7) is 1.36. The van der Waals surface area contributed by atoms with Crippen LogP contribution in [0.25, 0.3) is 0 Å².